The lowest BCUT2D eigenvalue weighted by molar-refractivity contribution is 0.867. The van der Waals surface area contributed by atoms with Crippen molar-refractivity contribution in [1.29, 1.82) is 0 Å². The van der Waals surface area contributed by atoms with Crippen molar-refractivity contribution in [2.75, 3.05) is 0 Å². The van der Waals surface area contributed by atoms with E-state index in [9.17, 15) is 0 Å². The standard InChI is InChI=1S/C16H19N/c1-11(2)14-7-5-6-8-15(14)16-10-12(3)9-13(4)17-16/h5-11H,1-4H3. The van der Waals surface area contributed by atoms with Crippen LogP contribution in [0.4, 0.5) is 0 Å². The van der Waals surface area contributed by atoms with Crippen molar-refractivity contribution in [2.24, 2.45) is 0 Å². The molecule has 0 saturated carbocycles. The molecule has 2 aromatic rings. The molecule has 0 atom stereocenters. The van der Waals surface area contributed by atoms with Gasteiger partial charge >= 0.3 is 0 Å². The van der Waals surface area contributed by atoms with Crippen LogP contribution < -0.4 is 0 Å². The Morgan fingerprint density at radius 2 is 1.71 bits per heavy atom. The molecule has 17 heavy (non-hydrogen) atoms. The SMILES string of the molecule is Cc1cc(C)nc(-c2ccccc2C(C)C)c1. The highest BCUT2D eigenvalue weighted by molar-refractivity contribution is 5.65. The second-order valence-corrected chi connectivity index (χ2v) is 4.91. The Kier molecular flexibility index (Phi) is 3.28. The van der Waals surface area contributed by atoms with Gasteiger partial charge in [-0.2, -0.15) is 0 Å². The van der Waals surface area contributed by atoms with E-state index in [2.05, 4.69) is 69.1 Å². The molecule has 0 N–H and O–H groups in total. The van der Waals surface area contributed by atoms with Crippen LogP contribution in [0.3, 0.4) is 0 Å². The molecule has 0 radical (unpaired) electrons. The molecule has 1 aromatic heterocycles. The van der Waals surface area contributed by atoms with Crippen LogP contribution in [-0.4, -0.2) is 4.98 Å². The predicted molar refractivity (Wildman–Crippen MR) is 73.2 cm³/mol. The molecule has 2 rings (SSSR count). The molecular formula is C16H19N. The zero-order valence-corrected chi connectivity index (χ0v) is 11.0. The first kappa shape index (κ1) is 11.8. The monoisotopic (exact) mass is 225 g/mol. The molecule has 0 bridgehead atoms. The van der Waals surface area contributed by atoms with Gasteiger partial charge in [-0.3, -0.25) is 4.98 Å². The summed E-state index contributed by atoms with van der Waals surface area (Å²) in [5.74, 6) is 0.522. The second kappa shape index (κ2) is 4.70. The summed E-state index contributed by atoms with van der Waals surface area (Å²) in [7, 11) is 0. The van der Waals surface area contributed by atoms with Crippen LogP contribution in [0.2, 0.25) is 0 Å². The van der Waals surface area contributed by atoms with E-state index in [0.29, 0.717) is 5.92 Å². The minimum absolute atomic E-state index is 0.522. The Balaban J connectivity index is 2.60. The Morgan fingerprint density at radius 1 is 1.00 bits per heavy atom. The molecule has 0 aliphatic heterocycles. The first-order valence-electron chi connectivity index (χ1n) is 6.12. The molecule has 0 aliphatic carbocycles. The number of rotatable bonds is 2. The molecule has 0 amide bonds. The van der Waals surface area contributed by atoms with Gasteiger partial charge in [0.1, 0.15) is 0 Å². The minimum Gasteiger partial charge on any atom is -0.253 e. The lowest BCUT2D eigenvalue weighted by Crippen LogP contribution is -1.95. The van der Waals surface area contributed by atoms with Crippen LogP contribution >= 0.6 is 0 Å². The van der Waals surface area contributed by atoms with E-state index in [4.69, 9.17) is 0 Å². The van der Waals surface area contributed by atoms with Crippen LogP contribution in [0.1, 0.15) is 36.6 Å². The summed E-state index contributed by atoms with van der Waals surface area (Å²) in [6, 6.07) is 12.8. The third kappa shape index (κ3) is 2.55. The van der Waals surface area contributed by atoms with Gasteiger partial charge < -0.3 is 0 Å². The maximum Gasteiger partial charge on any atom is 0.0710 e. The molecule has 1 nitrogen and oxygen atoms in total. The van der Waals surface area contributed by atoms with Gasteiger partial charge in [-0.15, -0.1) is 0 Å². The average Bonchev–Trinajstić information content (AvgIpc) is 2.27. The Hall–Kier alpha value is -1.63. The summed E-state index contributed by atoms with van der Waals surface area (Å²) in [6.45, 7) is 8.62. The van der Waals surface area contributed by atoms with Gasteiger partial charge in [-0.05, 0) is 43.0 Å². The zero-order valence-electron chi connectivity index (χ0n) is 11.0. The number of hydrogen-bond donors (Lipinski definition) is 0. The van der Waals surface area contributed by atoms with Crippen molar-refractivity contribution in [2.45, 2.75) is 33.6 Å². The van der Waals surface area contributed by atoms with Crippen molar-refractivity contribution in [1.82, 2.24) is 4.98 Å². The number of aryl methyl sites for hydroxylation is 2. The van der Waals surface area contributed by atoms with E-state index in [1.165, 1.54) is 16.7 Å². The molecular weight excluding hydrogens is 206 g/mol. The van der Waals surface area contributed by atoms with Crippen molar-refractivity contribution >= 4 is 0 Å². The van der Waals surface area contributed by atoms with Crippen molar-refractivity contribution in [3.05, 3.63) is 53.2 Å². The molecule has 1 heteroatoms. The number of pyridine rings is 1. The molecule has 0 unspecified atom stereocenters. The Bertz CT molecular complexity index is 507. The lowest BCUT2D eigenvalue weighted by atomic mass is 9.94. The van der Waals surface area contributed by atoms with Gasteiger partial charge in [0.05, 0.1) is 5.69 Å². The molecule has 1 heterocycles. The smallest absolute Gasteiger partial charge is 0.0710 e. The lowest BCUT2D eigenvalue weighted by Gasteiger charge is -2.13. The number of hydrogen-bond acceptors (Lipinski definition) is 1. The molecule has 0 spiro atoms. The van der Waals surface area contributed by atoms with Gasteiger partial charge in [0, 0.05) is 11.3 Å². The third-order valence-electron chi connectivity index (χ3n) is 2.96. The topological polar surface area (TPSA) is 12.9 Å². The van der Waals surface area contributed by atoms with E-state index >= 15 is 0 Å². The maximum absolute atomic E-state index is 4.65. The third-order valence-corrected chi connectivity index (χ3v) is 2.96. The zero-order chi connectivity index (χ0) is 12.4. The van der Waals surface area contributed by atoms with E-state index in [1.54, 1.807) is 0 Å². The van der Waals surface area contributed by atoms with E-state index in [0.717, 1.165) is 11.4 Å². The Morgan fingerprint density at radius 3 is 2.35 bits per heavy atom. The first-order chi connectivity index (χ1) is 8.08. The summed E-state index contributed by atoms with van der Waals surface area (Å²) in [6.07, 6.45) is 0. The van der Waals surface area contributed by atoms with Gasteiger partial charge in [0.15, 0.2) is 0 Å². The minimum atomic E-state index is 0.522. The summed E-state index contributed by atoms with van der Waals surface area (Å²) in [4.78, 5) is 4.65. The van der Waals surface area contributed by atoms with E-state index in [1.807, 2.05) is 0 Å². The van der Waals surface area contributed by atoms with Crippen molar-refractivity contribution < 1.29 is 0 Å². The number of nitrogens with zero attached hydrogens (tertiary/aromatic N) is 1. The fourth-order valence-corrected chi connectivity index (χ4v) is 2.21. The van der Waals surface area contributed by atoms with E-state index < -0.39 is 0 Å². The predicted octanol–water partition coefficient (Wildman–Crippen LogP) is 4.49. The fourth-order valence-electron chi connectivity index (χ4n) is 2.21. The molecule has 1 aromatic carbocycles. The first-order valence-corrected chi connectivity index (χ1v) is 6.12. The molecule has 0 fully saturated rings. The quantitative estimate of drug-likeness (QED) is 0.734. The molecule has 0 aliphatic rings. The molecule has 0 saturated heterocycles. The summed E-state index contributed by atoms with van der Waals surface area (Å²) >= 11 is 0. The largest absolute Gasteiger partial charge is 0.253 e. The van der Waals surface area contributed by atoms with E-state index in [-0.39, 0.29) is 0 Å². The highest BCUT2D eigenvalue weighted by Crippen LogP contribution is 2.28. The maximum atomic E-state index is 4.65. The van der Waals surface area contributed by atoms with Gasteiger partial charge in [-0.25, -0.2) is 0 Å². The van der Waals surface area contributed by atoms with Crippen LogP contribution in [-0.2, 0) is 0 Å². The summed E-state index contributed by atoms with van der Waals surface area (Å²) < 4.78 is 0. The average molecular weight is 225 g/mol. The summed E-state index contributed by atoms with van der Waals surface area (Å²) in [5, 5.41) is 0. The van der Waals surface area contributed by atoms with Gasteiger partial charge in [-0.1, -0.05) is 38.1 Å². The second-order valence-electron chi connectivity index (χ2n) is 4.91. The molecule has 88 valence electrons. The van der Waals surface area contributed by atoms with Crippen LogP contribution in [0.25, 0.3) is 11.3 Å². The van der Waals surface area contributed by atoms with Crippen LogP contribution in [0.5, 0.6) is 0 Å². The fraction of sp³-hybridized carbons (Fsp3) is 0.312. The van der Waals surface area contributed by atoms with Crippen LogP contribution in [0, 0.1) is 13.8 Å². The van der Waals surface area contributed by atoms with Gasteiger partial charge in [0.25, 0.3) is 0 Å². The number of aromatic nitrogens is 1. The summed E-state index contributed by atoms with van der Waals surface area (Å²) in [5.41, 5.74) is 6.07. The highest BCUT2D eigenvalue weighted by Gasteiger charge is 2.09. The number of benzene rings is 1. The normalized spacial score (nSPS) is 10.9. The van der Waals surface area contributed by atoms with Gasteiger partial charge in [0.2, 0.25) is 0 Å². The van der Waals surface area contributed by atoms with Crippen molar-refractivity contribution in [3.63, 3.8) is 0 Å². The Labute approximate surface area is 104 Å². The highest BCUT2D eigenvalue weighted by atomic mass is 14.7. The van der Waals surface area contributed by atoms with Crippen LogP contribution in [0.15, 0.2) is 36.4 Å². The van der Waals surface area contributed by atoms with Crippen molar-refractivity contribution in [3.8, 4) is 11.3 Å².